The van der Waals surface area contributed by atoms with E-state index in [1.807, 2.05) is 0 Å². The highest BCUT2D eigenvalue weighted by molar-refractivity contribution is 7.99. The number of thioether (sulfide) groups is 1. The minimum atomic E-state index is -0.103. The van der Waals surface area contributed by atoms with E-state index in [9.17, 15) is 0 Å². The molecule has 0 aliphatic carbocycles. The van der Waals surface area contributed by atoms with Crippen molar-refractivity contribution in [2.75, 3.05) is 5.75 Å². The highest BCUT2D eigenvalue weighted by Crippen LogP contribution is 2.38. The molecule has 0 bridgehead atoms. The number of rotatable bonds is 12. The van der Waals surface area contributed by atoms with E-state index in [4.69, 9.17) is 14.2 Å². The van der Waals surface area contributed by atoms with Crippen LogP contribution in [0.1, 0.15) is 87.5 Å². The second-order valence-corrected chi connectivity index (χ2v) is 10.3. The molecule has 26 heavy (non-hydrogen) atoms. The molecule has 0 saturated carbocycles. The Kier molecular flexibility index (Phi) is 11.8. The van der Waals surface area contributed by atoms with Crippen LogP contribution in [-0.2, 0) is 14.2 Å². The third kappa shape index (κ3) is 8.50. The van der Waals surface area contributed by atoms with Gasteiger partial charge in [-0.15, -0.1) is 0 Å². The maximum atomic E-state index is 6.36. The first-order valence-electron chi connectivity index (χ1n) is 10.8. The van der Waals surface area contributed by atoms with E-state index in [1.54, 1.807) is 0 Å². The third-order valence-electron chi connectivity index (χ3n) is 5.07. The van der Waals surface area contributed by atoms with Crippen molar-refractivity contribution in [1.29, 1.82) is 0 Å². The fourth-order valence-electron chi connectivity index (χ4n) is 3.81. The van der Waals surface area contributed by atoms with Gasteiger partial charge >= 0.3 is 0 Å². The lowest BCUT2D eigenvalue weighted by molar-refractivity contribution is -0.287. The number of unbranched alkanes of at least 4 members (excludes halogenated alkanes) is 2. The molecular weight excluding hydrogens is 344 g/mol. The molecule has 1 rings (SSSR count). The minimum Gasteiger partial charge on any atom is -0.373 e. The second-order valence-electron chi connectivity index (χ2n) is 8.58. The zero-order valence-electron chi connectivity index (χ0n) is 18.5. The van der Waals surface area contributed by atoms with Gasteiger partial charge in [-0.05, 0) is 63.9 Å². The summed E-state index contributed by atoms with van der Waals surface area (Å²) < 4.78 is 18.8. The van der Waals surface area contributed by atoms with Gasteiger partial charge in [0, 0.05) is 5.92 Å². The van der Waals surface area contributed by atoms with E-state index in [1.165, 1.54) is 31.4 Å². The monoisotopic (exact) mass is 388 g/mol. The van der Waals surface area contributed by atoms with Crippen molar-refractivity contribution in [2.45, 2.75) is 123 Å². The number of hydrogen-bond donors (Lipinski definition) is 0. The summed E-state index contributed by atoms with van der Waals surface area (Å²) >= 11 is 2.07. The largest absolute Gasteiger partial charge is 0.373 e. The van der Waals surface area contributed by atoms with E-state index in [0.29, 0.717) is 11.8 Å². The van der Waals surface area contributed by atoms with Crippen LogP contribution in [0.3, 0.4) is 0 Å². The van der Waals surface area contributed by atoms with Crippen LogP contribution in [0.25, 0.3) is 0 Å². The van der Waals surface area contributed by atoms with Gasteiger partial charge in [-0.3, -0.25) is 0 Å². The molecule has 0 aromatic rings. The molecule has 1 aliphatic rings. The lowest BCUT2D eigenvalue weighted by atomic mass is 9.79. The third-order valence-corrected chi connectivity index (χ3v) is 6.26. The molecule has 2 unspecified atom stereocenters. The highest BCUT2D eigenvalue weighted by Gasteiger charge is 2.44. The van der Waals surface area contributed by atoms with Crippen LogP contribution < -0.4 is 0 Å². The molecule has 1 saturated heterocycles. The van der Waals surface area contributed by atoms with Gasteiger partial charge < -0.3 is 14.2 Å². The summed E-state index contributed by atoms with van der Waals surface area (Å²) in [4.78, 5) is 0. The molecule has 1 heterocycles. The molecule has 0 aromatic carbocycles. The van der Waals surface area contributed by atoms with E-state index >= 15 is 0 Å². The summed E-state index contributed by atoms with van der Waals surface area (Å²) in [7, 11) is 0. The first-order valence-corrected chi connectivity index (χ1v) is 11.9. The van der Waals surface area contributed by atoms with Gasteiger partial charge in [0.25, 0.3) is 0 Å². The molecule has 0 aromatic heterocycles. The first kappa shape index (κ1) is 24.3. The smallest absolute Gasteiger partial charge is 0.161 e. The van der Waals surface area contributed by atoms with E-state index in [0.717, 1.165) is 11.7 Å². The average Bonchev–Trinajstić information content (AvgIpc) is 2.54. The van der Waals surface area contributed by atoms with Gasteiger partial charge in [0.2, 0.25) is 0 Å². The molecule has 3 nitrogen and oxygen atoms in total. The van der Waals surface area contributed by atoms with Crippen LogP contribution in [0.4, 0.5) is 0 Å². The predicted octanol–water partition coefficient (Wildman–Crippen LogP) is 6.29. The van der Waals surface area contributed by atoms with Gasteiger partial charge in [-0.25, -0.2) is 0 Å². The predicted molar refractivity (Wildman–Crippen MR) is 114 cm³/mol. The Bertz CT molecular complexity index is 359. The molecule has 4 heteroatoms. The Morgan fingerprint density at radius 3 is 2.12 bits per heavy atom. The van der Waals surface area contributed by atoms with Gasteiger partial charge in [0.05, 0.1) is 24.4 Å². The molecule has 5 atom stereocenters. The molecule has 156 valence electrons. The SMILES string of the molecule is CCC1O[C@H](OC(C)C)C(C)[C@@H](CCCCCSC(C)C)[C@@H]1OC(C)C. The van der Waals surface area contributed by atoms with Crippen LogP contribution in [0.5, 0.6) is 0 Å². The van der Waals surface area contributed by atoms with Gasteiger partial charge in [-0.2, -0.15) is 11.8 Å². The Balaban J connectivity index is 2.67. The zero-order chi connectivity index (χ0) is 19.7. The summed E-state index contributed by atoms with van der Waals surface area (Å²) in [5.41, 5.74) is 0. The van der Waals surface area contributed by atoms with Crippen molar-refractivity contribution in [3.05, 3.63) is 0 Å². The first-order chi connectivity index (χ1) is 12.3. The van der Waals surface area contributed by atoms with Gasteiger partial charge in [0.1, 0.15) is 0 Å². The molecule has 0 spiro atoms. The molecule has 0 N–H and O–H groups in total. The van der Waals surface area contributed by atoms with Crippen LogP contribution in [0.2, 0.25) is 0 Å². The van der Waals surface area contributed by atoms with Crippen molar-refractivity contribution in [3.8, 4) is 0 Å². The van der Waals surface area contributed by atoms with Crippen LogP contribution in [0.15, 0.2) is 0 Å². The maximum absolute atomic E-state index is 6.36. The summed E-state index contributed by atoms with van der Waals surface area (Å²) in [5.74, 6) is 2.16. The summed E-state index contributed by atoms with van der Waals surface area (Å²) in [6.45, 7) is 17.5. The standard InChI is InChI=1S/C22H44O3S/c1-9-20-21(23-15(2)3)19(13-11-10-12-14-26-17(6)7)18(8)22(25-20)24-16(4)5/h15-22H,9-14H2,1-8H3/t18?,19-,20?,21+,22+/m1/s1. The maximum Gasteiger partial charge on any atom is 0.161 e. The van der Waals surface area contributed by atoms with Crippen molar-refractivity contribution < 1.29 is 14.2 Å². The van der Waals surface area contributed by atoms with Crippen molar-refractivity contribution in [2.24, 2.45) is 11.8 Å². The molecule has 1 fully saturated rings. The molecule has 0 amide bonds. The summed E-state index contributed by atoms with van der Waals surface area (Å²) in [6, 6.07) is 0. The summed E-state index contributed by atoms with van der Waals surface area (Å²) in [6.07, 6.45) is 6.74. The van der Waals surface area contributed by atoms with Gasteiger partial charge in [-0.1, -0.05) is 40.5 Å². The Hall–Kier alpha value is 0.230. The molecular formula is C22H44O3S. The van der Waals surface area contributed by atoms with Crippen molar-refractivity contribution >= 4 is 11.8 Å². The van der Waals surface area contributed by atoms with Gasteiger partial charge in [0.15, 0.2) is 6.29 Å². The quantitative estimate of drug-likeness (QED) is 0.367. The Morgan fingerprint density at radius 2 is 1.58 bits per heavy atom. The van der Waals surface area contributed by atoms with Crippen LogP contribution in [0, 0.1) is 11.8 Å². The Labute approximate surface area is 167 Å². The van der Waals surface area contributed by atoms with E-state index in [2.05, 4.69) is 67.2 Å². The average molecular weight is 389 g/mol. The van der Waals surface area contributed by atoms with Crippen LogP contribution >= 0.6 is 11.8 Å². The Morgan fingerprint density at radius 1 is 0.923 bits per heavy atom. The lowest BCUT2D eigenvalue weighted by Gasteiger charge is -2.46. The minimum absolute atomic E-state index is 0.103. The van der Waals surface area contributed by atoms with E-state index in [-0.39, 0.29) is 30.7 Å². The van der Waals surface area contributed by atoms with Crippen LogP contribution in [-0.4, -0.2) is 41.7 Å². The molecule has 0 radical (unpaired) electrons. The normalized spacial score (nSPS) is 29.9. The fourth-order valence-corrected chi connectivity index (χ4v) is 4.65. The highest BCUT2D eigenvalue weighted by atomic mass is 32.2. The topological polar surface area (TPSA) is 27.7 Å². The van der Waals surface area contributed by atoms with E-state index < -0.39 is 0 Å². The zero-order valence-corrected chi connectivity index (χ0v) is 19.3. The van der Waals surface area contributed by atoms with Crippen molar-refractivity contribution in [3.63, 3.8) is 0 Å². The summed E-state index contributed by atoms with van der Waals surface area (Å²) in [5, 5.41) is 0.744. The second kappa shape index (κ2) is 12.6. The fraction of sp³-hybridized carbons (Fsp3) is 1.00. The lowest BCUT2D eigenvalue weighted by Crippen LogP contribution is -2.53. The number of ether oxygens (including phenoxy) is 3. The van der Waals surface area contributed by atoms with Crippen molar-refractivity contribution in [1.82, 2.24) is 0 Å². The number of hydrogen-bond acceptors (Lipinski definition) is 4. The molecule has 1 aliphatic heterocycles.